The van der Waals surface area contributed by atoms with Crippen molar-refractivity contribution >= 4 is 107 Å². The van der Waals surface area contributed by atoms with Crippen LogP contribution in [0.15, 0.2) is 133 Å². The van der Waals surface area contributed by atoms with E-state index in [4.69, 9.17) is 0 Å². The van der Waals surface area contributed by atoms with Crippen molar-refractivity contribution in [3.8, 4) is 23.5 Å². The fourth-order valence-corrected chi connectivity index (χ4v) is 10.6. The van der Waals surface area contributed by atoms with Crippen LogP contribution in [0.4, 0.5) is 0 Å². The zero-order chi connectivity index (χ0) is 33.1. The topological polar surface area (TPSA) is 57.4 Å². The van der Waals surface area contributed by atoms with E-state index in [0.29, 0.717) is 22.5 Å². The molecule has 0 N–H and O–H groups in total. The van der Waals surface area contributed by atoms with E-state index in [9.17, 15) is 10.5 Å². The summed E-state index contributed by atoms with van der Waals surface area (Å²) in [5.41, 5.74) is 6.52. The van der Waals surface area contributed by atoms with Gasteiger partial charge in [-0.3, -0.25) is 0 Å². The first-order valence-electron chi connectivity index (χ1n) is 16.4. The van der Waals surface area contributed by atoms with Crippen molar-refractivity contribution in [2.24, 2.45) is 0 Å². The Labute approximate surface area is 293 Å². The smallest absolute Gasteiger partial charge is 0.101 e. The Balaban J connectivity index is 1.41. The Morgan fingerprint density at radius 3 is 1.20 bits per heavy atom. The Hall–Kier alpha value is -6.44. The third kappa shape index (κ3) is 3.46. The van der Waals surface area contributed by atoms with Gasteiger partial charge in [-0.2, -0.15) is 10.5 Å². The highest BCUT2D eigenvalue weighted by atomic mass is 32.1. The molecule has 0 radical (unpaired) electrons. The minimum absolute atomic E-state index is 0.509. The summed E-state index contributed by atoms with van der Waals surface area (Å²) in [5.74, 6) is 0. The van der Waals surface area contributed by atoms with E-state index >= 15 is 0 Å². The van der Waals surface area contributed by atoms with Crippen LogP contribution in [-0.4, -0.2) is 9.13 Å². The molecule has 0 saturated carbocycles. The minimum atomic E-state index is 0.509. The molecule has 0 unspecified atom stereocenters. The summed E-state index contributed by atoms with van der Waals surface area (Å²) in [6.07, 6.45) is 0. The predicted molar refractivity (Wildman–Crippen MR) is 210 cm³/mol. The third-order valence-electron chi connectivity index (χ3n) is 10.2. The minimum Gasteiger partial charge on any atom is -0.304 e. The van der Waals surface area contributed by atoms with Crippen LogP contribution in [0.2, 0.25) is 0 Å². The largest absolute Gasteiger partial charge is 0.304 e. The number of nitriles is 2. The molecule has 230 valence electrons. The first kappa shape index (κ1) is 27.5. The molecule has 7 aromatic carbocycles. The molecule has 11 aromatic rings. The van der Waals surface area contributed by atoms with Gasteiger partial charge in [-0.25, -0.2) is 0 Å². The molecule has 0 fully saturated rings. The number of aromatic nitrogens is 2. The molecule has 4 nitrogen and oxygen atoms in total. The van der Waals surface area contributed by atoms with E-state index < -0.39 is 0 Å². The van der Waals surface area contributed by atoms with Gasteiger partial charge in [0.1, 0.15) is 12.1 Å². The highest BCUT2D eigenvalue weighted by Gasteiger charge is 2.27. The van der Waals surface area contributed by atoms with E-state index in [1.165, 1.54) is 30.9 Å². The molecule has 4 heterocycles. The normalized spacial score (nSPS) is 12.0. The van der Waals surface area contributed by atoms with Gasteiger partial charge in [0, 0.05) is 52.5 Å². The van der Waals surface area contributed by atoms with E-state index in [2.05, 4.69) is 143 Å². The molecule has 0 aliphatic carbocycles. The maximum absolute atomic E-state index is 10.9. The van der Waals surface area contributed by atoms with Gasteiger partial charge < -0.3 is 9.13 Å². The second-order valence-corrected chi connectivity index (χ2v) is 14.8. The van der Waals surface area contributed by atoms with Crippen LogP contribution in [-0.2, 0) is 0 Å². The fraction of sp³-hybridized carbons (Fsp3) is 0. The Morgan fingerprint density at radius 1 is 0.380 bits per heavy atom. The number of hydrogen-bond donors (Lipinski definition) is 0. The van der Waals surface area contributed by atoms with E-state index in [1.807, 2.05) is 12.1 Å². The van der Waals surface area contributed by atoms with Gasteiger partial charge in [0.15, 0.2) is 0 Å². The number of rotatable bonds is 2. The molecule has 0 amide bonds. The van der Waals surface area contributed by atoms with Crippen LogP contribution in [0.5, 0.6) is 0 Å². The monoisotopic (exact) mass is 670 g/mol. The zero-order valence-corrected chi connectivity index (χ0v) is 27.9. The summed E-state index contributed by atoms with van der Waals surface area (Å²) >= 11 is 3.55. The first-order valence-corrected chi connectivity index (χ1v) is 18.0. The van der Waals surface area contributed by atoms with Gasteiger partial charge in [-0.05, 0) is 36.4 Å². The van der Waals surface area contributed by atoms with E-state index in [1.54, 1.807) is 22.7 Å². The number of benzene rings is 7. The maximum atomic E-state index is 10.9. The molecule has 0 atom stereocenters. The maximum Gasteiger partial charge on any atom is 0.101 e. The third-order valence-corrected chi connectivity index (χ3v) is 12.6. The SMILES string of the molecule is N#Cc1ccc(C#N)c(-n2c3ccccc3c3ccc4c5ccccc5sc4c32)c1-n1c2ccccc2c2ccc3c4ccccc4sc3c21. The molecule has 0 bridgehead atoms. The predicted octanol–water partition coefficient (Wildman–Crippen LogP) is 12.4. The Bertz CT molecular complexity index is 3130. The molecule has 0 aliphatic heterocycles. The van der Waals surface area contributed by atoms with Crippen molar-refractivity contribution in [2.45, 2.75) is 0 Å². The quantitative estimate of drug-likeness (QED) is 0.184. The first-order chi connectivity index (χ1) is 24.7. The molecule has 50 heavy (non-hydrogen) atoms. The summed E-state index contributed by atoms with van der Waals surface area (Å²) in [6, 6.07) is 51.6. The molecular weight excluding hydrogens is 649 g/mol. The summed E-state index contributed by atoms with van der Waals surface area (Å²) in [4.78, 5) is 0. The molecule has 0 aliphatic rings. The van der Waals surface area contributed by atoms with Gasteiger partial charge in [0.05, 0.1) is 54.0 Å². The van der Waals surface area contributed by atoms with E-state index in [0.717, 1.165) is 53.0 Å². The number of nitrogens with zero attached hydrogens (tertiary/aromatic N) is 4. The van der Waals surface area contributed by atoms with Crippen LogP contribution < -0.4 is 0 Å². The standard InChI is InChI=1S/C44H22N4S2/c45-23-25-17-18-26(24-46)40(48-36-14-6-2-10-28(36)32-20-22-34-30-12-4-8-16-38(30)50-44(34)42(32)48)39(25)47-35-13-5-1-9-27(35)31-19-21-33-29-11-3-7-15-37(29)49-43(33)41(31)47/h1-22H. The summed E-state index contributed by atoms with van der Waals surface area (Å²) in [5, 5.41) is 31.1. The zero-order valence-electron chi connectivity index (χ0n) is 26.3. The number of hydrogen-bond acceptors (Lipinski definition) is 4. The Morgan fingerprint density at radius 2 is 0.760 bits per heavy atom. The van der Waals surface area contributed by atoms with Gasteiger partial charge in [0.2, 0.25) is 0 Å². The Kier molecular flexibility index (Phi) is 5.52. The second kappa shape index (κ2) is 10.0. The van der Waals surface area contributed by atoms with E-state index in [-0.39, 0.29) is 0 Å². The molecule has 6 heteroatoms. The van der Waals surface area contributed by atoms with Crippen LogP contribution in [0, 0.1) is 22.7 Å². The highest BCUT2D eigenvalue weighted by molar-refractivity contribution is 7.27. The van der Waals surface area contributed by atoms with Crippen molar-refractivity contribution in [1.82, 2.24) is 9.13 Å². The van der Waals surface area contributed by atoms with Crippen LogP contribution in [0.1, 0.15) is 11.1 Å². The van der Waals surface area contributed by atoms with Crippen molar-refractivity contribution in [3.05, 3.63) is 145 Å². The van der Waals surface area contributed by atoms with Crippen LogP contribution in [0.3, 0.4) is 0 Å². The van der Waals surface area contributed by atoms with Gasteiger partial charge in [-0.1, -0.05) is 97.1 Å². The highest BCUT2D eigenvalue weighted by Crippen LogP contribution is 2.47. The number of para-hydroxylation sites is 2. The lowest BCUT2D eigenvalue weighted by molar-refractivity contribution is 1.09. The van der Waals surface area contributed by atoms with Crippen molar-refractivity contribution < 1.29 is 0 Å². The number of fused-ring (bicyclic) bond motifs is 14. The van der Waals surface area contributed by atoms with Crippen molar-refractivity contribution in [3.63, 3.8) is 0 Å². The van der Waals surface area contributed by atoms with Gasteiger partial charge in [0.25, 0.3) is 0 Å². The lowest BCUT2D eigenvalue weighted by Crippen LogP contribution is -2.08. The summed E-state index contributed by atoms with van der Waals surface area (Å²) in [7, 11) is 0. The lowest BCUT2D eigenvalue weighted by atomic mass is 10.0. The molecule has 0 spiro atoms. The second-order valence-electron chi connectivity index (χ2n) is 12.7. The van der Waals surface area contributed by atoms with Crippen molar-refractivity contribution in [1.29, 1.82) is 10.5 Å². The van der Waals surface area contributed by atoms with Crippen molar-refractivity contribution in [2.75, 3.05) is 0 Å². The average molecular weight is 671 g/mol. The van der Waals surface area contributed by atoms with Crippen LogP contribution in [0.25, 0.3) is 95.3 Å². The average Bonchev–Trinajstić information content (AvgIpc) is 3.92. The van der Waals surface area contributed by atoms with Crippen LogP contribution >= 0.6 is 22.7 Å². The number of thiophene rings is 2. The van der Waals surface area contributed by atoms with Gasteiger partial charge in [-0.15, -0.1) is 22.7 Å². The summed E-state index contributed by atoms with van der Waals surface area (Å²) < 4.78 is 9.28. The molecule has 4 aromatic heterocycles. The molecule has 0 saturated heterocycles. The molecular formula is C44H22N4S2. The molecule has 11 rings (SSSR count). The van der Waals surface area contributed by atoms with Gasteiger partial charge >= 0.3 is 0 Å². The lowest BCUT2D eigenvalue weighted by Gasteiger charge is -2.19. The summed E-state index contributed by atoms with van der Waals surface area (Å²) in [6.45, 7) is 0. The fourth-order valence-electron chi connectivity index (χ4n) is 8.14.